The predicted molar refractivity (Wildman–Crippen MR) is 118 cm³/mol. The second kappa shape index (κ2) is 8.17. The second-order valence-electron chi connectivity index (χ2n) is 5.52. The molecule has 128 valence electrons. The van der Waals surface area contributed by atoms with Gasteiger partial charge in [0.15, 0.2) is 8.83 Å². The van der Waals surface area contributed by atoms with E-state index in [4.69, 9.17) is 44.3 Å². The first-order valence-corrected chi connectivity index (χ1v) is 15.5. The lowest BCUT2D eigenvalue weighted by atomic mass is 10.2. The smallest absolute Gasteiger partial charge is 0.311 e. The van der Waals surface area contributed by atoms with Gasteiger partial charge in [0.05, 0.1) is 0 Å². The average molecular weight is 443 g/mol. The van der Waals surface area contributed by atoms with Gasteiger partial charge in [-0.1, -0.05) is 42.5 Å². The molecule has 0 aliphatic heterocycles. The third kappa shape index (κ3) is 4.62. The molecule has 0 spiro atoms. The summed E-state index contributed by atoms with van der Waals surface area (Å²) in [5, 5.41) is 1.99. The standard InChI is InChI=1S/C18H15Cl4NSi2/c19-24-17-10-6-15(7-11-17)23(14-4-2-1-3-5-14)16-8-12-18(13-9-16)25(20,21)22/h1-13H,24H2. The zero-order valence-electron chi connectivity index (χ0n) is 13.2. The van der Waals surface area contributed by atoms with Gasteiger partial charge in [-0.3, -0.25) is 0 Å². The molecule has 0 radical (unpaired) electrons. The van der Waals surface area contributed by atoms with Gasteiger partial charge in [-0.05, 0) is 46.8 Å². The van der Waals surface area contributed by atoms with E-state index in [9.17, 15) is 0 Å². The summed E-state index contributed by atoms with van der Waals surface area (Å²) in [6, 6.07) is 23.4. The monoisotopic (exact) mass is 441 g/mol. The van der Waals surface area contributed by atoms with Gasteiger partial charge in [-0.15, -0.1) is 33.2 Å². The van der Waals surface area contributed by atoms with Crippen LogP contribution >= 0.6 is 44.3 Å². The van der Waals surface area contributed by atoms with Crippen LogP contribution in [0.2, 0.25) is 0 Å². The first-order valence-electron chi connectivity index (χ1n) is 7.66. The molecule has 3 rings (SSSR count). The van der Waals surface area contributed by atoms with E-state index in [1.165, 1.54) is 5.19 Å². The van der Waals surface area contributed by atoms with Crippen LogP contribution in [-0.2, 0) is 0 Å². The number of halogens is 4. The Labute approximate surface area is 169 Å². The molecule has 0 aromatic heterocycles. The number of para-hydroxylation sites is 1. The quantitative estimate of drug-likeness (QED) is 0.398. The van der Waals surface area contributed by atoms with Crippen LogP contribution < -0.4 is 15.3 Å². The number of benzene rings is 3. The van der Waals surface area contributed by atoms with Gasteiger partial charge in [-0.25, -0.2) is 0 Å². The van der Waals surface area contributed by atoms with Crippen LogP contribution in [-0.4, -0.2) is 14.8 Å². The van der Waals surface area contributed by atoms with Crippen molar-refractivity contribution in [3.05, 3.63) is 78.9 Å². The molecule has 7 heteroatoms. The fourth-order valence-electron chi connectivity index (χ4n) is 2.56. The van der Waals surface area contributed by atoms with E-state index >= 15 is 0 Å². The summed E-state index contributed by atoms with van der Waals surface area (Å²) in [5.41, 5.74) is 3.14. The third-order valence-electron chi connectivity index (χ3n) is 3.82. The van der Waals surface area contributed by atoms with Crippen LogP contribution in [0.1, 0.15) is 0 Å². The molecule has 0 atom stereocenters. The minimum Gasteiger partial charge on any atom is -0.311 e. The Morgan fingerprint density at radius 3 is 1.60 bits per heavy atom. The van der Waals surface area contributed by atoms with Gasteiger partial charge >= 0.3 is 6.00 Å². The highest BCUT2D eigenvalue weighted by molar-refractivity contribution is 7.69. The molecule has 0 aliphatic rings. The summed E-state index contributed by atoms with van der Waals surface area (Å²) in [6.45, 7) is 0. The van der Waals surface area contributed by atoms with Gasteiger partial charge in [0.2, 0.25) is 0 Å². The van der Waals surface area contributed by atoms with Crippen LogP contribution in [0, 0.1) is 0 Å². The summed E-state index contributed by atoms with van der Waals surface area (Å²) >= 11 is 24.4. The summed E-state index contributed by atoms with van der Waals surface area (Å²) < 4.78 is 0. The highest BCUT2D eigenvalue weighted by atomic mass is 35.8. The zero-order chi connectivity index (χ0) is 17.9. The molecule has 3 aromatic rings. The van der Waals surface area contributed by atoms with E-state index in [0.29, 0.717) is 0 Å². The maximum absolute atomic E-state index is 6.11. The topological polar surface area (TPSA) is 3.24 Å². The highest BCUT2D eigenvalue weighted by Gasteiger charge is 2.28. The van der Waals surface area contributed by atoms with Crippen molar-refractivity contribution in [2.24, 2.45) is 0 Å². The van der Waals surface area contributed by atoms with Crippen LogP contribution in [0.5, 0.6) is 0 Å². The van der Waals surface area contributed by atoms with Gasteiger partial charge in [0.1, 0.15) is 0 Å². The molecule has 1 nitrogen and oxygen atoms in total. The molecule has 0 unspecified atom stereocenters. The van der Waals surface area contributed by atoms with Crippen molar-refractivity contribution >= 4 is 86.6 Å². The Morgan fingerprint density at radius 1 is 0.640 bits per heavy atom. The molecule has 25 heavy (non-hydrogen) atoms. The molecule has 0 N–H and O–H groups in total. The van der Waals surface area contributed by atoms with Crippen molar-refractivity contribution in [1.29, 1.82) is 0 Å². The van der Waals surface area contributed by atoms with Gasteiger partial charge < -0.3 is 4.90 Å². The summed E-state index contributed by atoms with van der Waals surface area (Å²) in [6.07, 6.45) is 0. The molecular weight excluding hydrogens is 428 g/mol. The number of rotatable bonds is 5. The van der Waals surface area contributed by atoms with Crippen LogP contribution in [0.25, 0.3) is 0 Å². The third-order valence-corrected chi connectivity index (χ3v) is 8.47. The van der Waals surface area contributed by atoms with E-state index in [1.807, 2.05) is 42.5 Å². The van der Waals surface area contributed by atoms with Crippen LogP contribution in [0.3, 0.4) is 0 Å². The largest absolute Gasteiger partial charge is 0.372 e. The van der Waals surface area contributed by atoms with Crippen molar-refractivity contribution < 1.29 is 0 Å². The van der Waals surface area contributed by atoms with Crippen molar-refractivity contribution in [3.63, 3.8) is 0 Å². The summed E-state index contributed by atoms with van der Waals surface area (Å²) in [5.74, 6) is 0. The van der Waals surface area contributed by atoms with Crippen molar-refractivity contribution in [2.45, 2.75) is 0 Å². The molecule has 3 aromatic carbocycles. The predicted octanol–water partition coefficient (Wildman–Crippen LogP) is 4.97. The first-order chi connectivity index (χ1) is 12.0. The number of hydrogen-bond donors (Lipinski definition) is 0. The Balaban J connectivity index is 2.05. The minimum absolute atomic E-state index is 0.682. The molecule has 0 amide bonds. The maximum Gasteiger partial charge on any atom is 0.372 e. The lowest BCUT2D eigenvalue weighted by Crippen LogP contribution is -2.29. The fraction of sp³-hybridized carbons (Fsp3) is 0. The van der Waals surface area contributed by atoms with Crippen LogP contribution in [0.4, 0.5) is 17.1 Å². The van der Waals surface area contributed by atoms with Crippen molar-refractivity contribution in [3.8, 4) is 0 Å². The fourth-order valence-corrected chi connectivity index (χ4v) is 5.18. The van der Waals surface area contributed by atoms with E-state index in [-0.39, 0.29) is 0 Å². The summed E-state index contributed by atoms with van der Waals surface area (Å²) in [7, 11) is -0.682. The van der Waals surface area contributed by atoms with Crippen molar-refractivity contribution in [2.75, 3.05) is 4.90 Å². The lowest BCUT2D eigenvalue weighted by molar-refractivity contribution is 1.29. The average Bonchev–Trinajstić information content (AvgIpc) is 2.63. The lowest BCUT2D eigenvalue weighted by Gasteiger charge is -2.26. The Bertz CT molecular complexity index is 818. The molecular formula is C18H15Cl4NSi2. The number of hydrogen-bond acceptors (Lipinski definition) is 1. The minimum atomic E-state index is -2.87. The number of nitrogens with zero attached hydrogens (tertiary/aromatic N) is 1. The molecule has 0 saturated carbocycles. The normalized spacial score (nSPS) is 11.8. The van der Waals surface area contributed by atoms with E-state index < -0.39 is 14.8 Å². The zero-order valence-corrected chi connectivity index (χ0v) is 18.6. The second-order valence-corrected chi connectivity index (χ2v) is 15.8. The van der Waals surface area contributed by atoms with E-state index in [2.05, 4.69) is 41.3 Å². The molecule has 0 aliphatic carbocycles. The Hall–Kier alpha value is -0.946. The Morgan fingerprint density at radius 2 is 1.12 bits per heavy atom. The van der Waals surface area contributed by atoms with Crippen molar-refractivity contribution in [1.82, 2.24) is 0 Å². The molecule has 0 saturated heterocycles. The SMILES string of the molecule is Cl[SiH2]c1ccc(N(c2ccccc2)c2ccc([Si](Cl)(Cl)Cl)cc2)cc1. The van der Waals surface area contributed by atoms with E-state index in [1.54, 1.807) is 0 Å². The highest BCUT2D eigenvalue weighted by Crippen LogP contribution is 2.33. The Kier molecular flexibility index (Phi) is 6.15. The molecule has 0 fully saturated rings. The van der Waals surface area contributed by atoms with E-state index in [0.717, 1.165) is 22.2 Å². The van der Waals surface area contributed by atoms with Gasteiger partial charge in [-0.2, -0.15) is 11.1 Å². The summed E-state index contributed by atoms with van der Waals surface area (Å²) in [4.78, 5) is 2.17. The molecule has 0 bridgehead atoms. The van der Waals surface area contributed by atoms with Crippen LogP contribution in [0.15, 0.2) is 78.9 Å². The molecule has 0 heterocycles. The van der Waals surface area contributed by atoms with Gasteiger partial charge in [0.25, 0.3) is 0 Å². The van der Waals surface area contributed by atoms with Gasteiger partial charge in [0, 0.05) is 17.1 Å². The first kappa shape index (κ1) is 18.8. The number of anilines is 3. The maximum atomic E-state index is 6.11.